The van der Waals surface area contributed by atoms with E-state index in [1.807, 2.05) is 0 Å². The molecule has 0 aromatic carbocycles. The Hall–Kier alpha value is 0.230. The van der Waals surface area contributed by atoms with Crippen LogP contribution in [0, 0.1) is 0 Å². The maximum Gasteiger partial charge on any atom is 0.0678 e. The van der Waals surface area contributed by atoms with Gasteiger partial charge in [-0.2, -0.15) is 12.6 Å². The molecule has 0 amide bonds. The molecule has 4 heteroatoms. The van der Waals surface area contributed by atoms with Crippen LogP contribution in [0.5, 0.6) is 0 Å². The summed E-state index contributed by atoms with van der Waals surface area (Å²) >= 11 is 4.09. The number of ether oxygens (including phenoxy) is 2. The molecule has 1 saturated heterocycles. The second-order valence-electron chi connectivity index (χ2n) is 3.85. The number of nitrogens with zero attached hydrogens (tertiary/aromatic N) is 1. The molecule has 1 heterocycles. The van der Waals surface area contributed by atoms with Gasteiger partial charge in [0, 0.05) is 25.4 Å². The largest absolute Gasteiger partial charge is 0.379 e. The monoisotopic (exact) mass is 219 g/mol. The molecule has 0 saturated carbocycles. The van der Waals surface area contributed by atoms with Crippen LogP contribution in [0.1, 0.15) is 13.8 Å². The number of morpholine rings is 1. The molecule has 0 N–H and O–H groups in total. The normalized spacial score (nSPS) is 29.4. The molecule has 1 aliphatic heterocycles. The van der Waals surface area contributed by atoms with Crippen LogP contribution in [-0.4, -0.2) is 55.7 Å². The van der Waals surface area contributed by atoms with Crippen molar-refractivity contribution in [3.8, 4) is 0 Å². The smallest absolute Gasteiger partial charge is 0.0678 e. The van der Waals surface area contributed by atoms with E-state index in [0.29, 0.717) is 12.2 Å². The highest BCUT2D eigenvalue weighted by Gasteiger charge is 2.21. The highest BCUT2D eigenvalue weighted by atomic mass is 32.1. The lowest BCUT2D eigenvalue weighted by Crippen LogP contribution is -2.46. The third kappa shape index (κ3) is 4.64. The van der Waals surface area contributed by atoms with E-state index < -0.39 is 0 Å². The van der Waals surface area contributed by atoms with Gasteiger partial charge in [-0.1, -0.05) is 0 Å². The van der Waals surface area contributed by atoms with Crippen molar-refractivity contribution >= 4 is 12.6 Å². The van der Waals surface area contributed by atoms with Crippen molar-refractivity contribution in [2.75, 3.05) is 38.6 Å². The summed E-state index contributed by atoms with van der Waals surface area (Å²) in [7, 11) is 0. The molecule has 2 atom stereocenters. The van der Waals surface area contributed by atoms with Crippen LogP contribution >= 0.6 is 12.6 Å². The number of thiol groups is 1. The zero-order valence-electron chi connectivity index (χ0n) is 9.11. The van der Waals surface area contributed by atoms with E-state index in [0.717, 1.165) is 38.6 Å². The Labute approximate surface area is 92.2 Å². The minimum Gasteiger partial charge on any atom is -0.379 e. The van der Waals surface area contributed by atoms with Gasteiger partial charge in [0.2, 0.25) is 0 Å². The van der Waals surface area contributed by atoms with Crippen LogP contribution in [0.3, 0.4) is 0 Å². The van der Waals surface area contributed by atoms with Gasteiger partial charge in [0.25, 0.3) is 0 Å². The third-order valence-corrected chi connectivity index (χ3v) is 2.47. The predicted molar refractivity (Wildman–Crippen MR) is 61.1 cm³/mol. The summed E-state index contributed by atoms with van der Waals surface area (Å²) in [6.07, 6.45) is 0.701. The van der Waals surface area contributed by atoms with Gasteiger partial charge >= 0.3 is 0 Å². The lowest BCUT2D eigenvalue weighted by atomic mass is 10.2. The van der Waals surface area contributed by atoms with Crippen molar-refractivity contribution in [3.63, 3.8) is 0 Å². The van der Waals surface area contributed by atoms with E-state index in [2.05, 4.69) is 31.4 Å². The Morgan fingerprint density at radius 3 is 2.50 bits per heavy atom. The van der Waals surface area contributed by atoms with Crippen LogP contribution in [0.25, 0.3) is 0 Å². The summed E-state index contributed by atoms with van der Waals surface area (Å²) in [5, 5.41) is 0. The zero-order chi connectivity index (χ0) is 10.4. The van der Waals surface area contributed by atoms with Crippen LogP contribution in [0.4, 0.5) is 0 Å². The zero-order valence-corrected chi connectivity index (χ0v) is 10.0. The fraction of sp³-hybridized carbons (Fsp3) is 1.00. The quantitative estimate of drug-likeness (QED) is 0.551. The Kier molecular flexibility index (Phi) is 5.86. The fourth-order valence-corrected chi connectivity index (χ4v) is 1.96. The summed E-state index contributed by atoms with van der Waals surface area (Å²) in [4.78, 5) is 2.40. The van der Waals surface area contributed by atoms with Crippen LogP contribution < -0.4 is 0 Å². The van der Waals surface area contributed by atoms with Gasteiger partial charge < -0.3 is 9.47 Å². The van der Waals surface area contributed by atoms with Gasteiger partial charge in [-0.05, 0) is 13.8 Å². The maximum atomic E-state index is 5.65. The van der Waals surface area contributed by atoms with E-state index >= 15 is 0 Å². The average Bonchev–Trinajstić information content (AvgIpc) is 2.11. The van der Waals surface area contributed by atoms with Crippen molar-refractivity contribution in [1.29, 1.82) is 0 Å². The first kappa shape index (κ1) is 12.3. The van der Waals surface area contributed by atoms with Gasteiger partial charge in [0.1, 0.15) is 0 Å². The van der Waals surface area contributed by atoms with Gasteiger partial charge in [-0.25, -0.2) is 0 Å². The summed E-state index contributed by atoms with van der Waals surface area (Å²) < 4.78 is 11.0. The molecule has 1 aliphatic rings. The molecular formula is C10H21NO2S. The fourth-order valence-electron chi connectivity index (χ4n) is 1.83. The Morgan fingerprint density at radius 1 is 1.29 bits per heavy atom. The summed E-state index contributed by atoms with van der Waals surface area (Å²) in [6, 6.07) is 0. The van der Waals surface area contributed by atoms with E-state index in [4.69, 9.17) is 9.47 Å². The molecule has 84 valence electrons. The van der Waals surface area contributed by atoms with E-state index in [9.17, 15) is 0 Å². The van der Waals surface area contributed by atoms with Crippen LogP contribution in [0.2, 0.25) is 0 Å². The van der Waals surface area contributed by atoms with Crippen LogP contribution in [-0.2, 0) is 9.47 Å². The summed E-state index contributed by atoms with van der Waals surface area (Å²) in [5.41, 5.74) is 0. The molecule has 0 aliphatic carbocycles. The highest BCUT2D eigenvalue weighted by Crippen LogP contribution is 2.09. The lowest BCUT2D eigenvalue weighted by Gasteiger charge is -2.35. The first-order valence-electron chi connectivity index (χ1n) is 5.28. The summed E-state index contributed by atoms with van der Waals surface area (Å²) in [6.45, 7) is 8.85. The molecule has 0 aromatic heterocycles. The van der Waals surface area contributed by atoms with Gasteiger partial charge in [0.15, 0.2) is 0 Å². The molecule has 1 fully saturated rings. The second-order valence-corrected chi connectivity index (χ2v) is 4.30. The van der Waals surface area contributed by atoms with Crippen molar-refractivity contribution in [2.45, 2.75) is 26.1 Å². The van der Waals surface area contributed by atoms with Gasteiger partial charge in [-0.15, -0.1) is 0 Å². The van der Waals surface area contributed by atoms with Gasteiger partial charge in [0.05, 0.1) is 25.4 Å². The predicted octanol–water partition coefficient (Wildman–Crippen LogP) is 1.04. The first-order valence-corrected chi connectivity index (χ1v) is 5.92. The molecular weight excluding hydrogens is 198 g/mol. The standard InChI is InChI=1S/C10H21NO2S/c1-9-7-11(8-10(2)13-9)3-4-12-5-6-14/h9-10,14H,3-8H2,1-2H3/t9-,10+. The molecule has 0 unspecified atom stereocenters. The Balaban J connectivity index is 2.10. The van der Waals surface area contributed by atoms with Gasteiger partial charge in [-0.3, -0.25) is 4.90 Å². The molecule has 0 aromatic rings. The topological polar surface area (TPSA) is 21.7 Å². The minimum absolute atomic E-state index is 0.351. The molecule has 0 spiro atoms. The number of hydrogen-bond donors (Lipinski definition) is 1. The first-order chi connectivity index (χ1) is 6.72. The van der Waals surface area contributed by atoms with Crippen molar-refractivity contribution in [1.82, 2.24) is 4.90 Å². The Morgan fingerprint density at radius 2 is 1.93 bits per heavy atom. The highest BCUT2D eigenvalue weighted by molar-refractivity contribution is 7.80. The number of hydrogen-bond acceptors (Lipinski definition) is 4. The molecule has 0 bridgehead atoms. The molecule has 3 nitrogen and oxygen atoms in total. The van der Waals surface area contributed by atoms with Crippen LogP contribution in [0.15, 0.2) is 0 Å². The van der Waals surface area contributed by atoms with Crippen molar-refractivity contribution < 1.29 is 9.47 Å². The maximum absolute atomic E-state index is 5.65. The molecule has 14 heavy (non-hydrogen) atoms. The van der Waals surface area contributed by atoms with E-state index in [1.165, 1.54) is 0 Å². The molecule has 1 rings (SSSR count). The third-order valence-electron chi connectivity index (χ3n) is 2.28. The number of rotatable bonds is 5. The molecule has 0 radical (unpaired) electrons. The Bertz CT molecular complexity index is 147. The minimum atomic E-state index is 0.351. The lowest BCUT2D eigenvalue weighted by molar-refractivity contribution is -0.0726. The average molecular weight is 219 g/mol. The van der Waals surface area contributed by atoms with E-state index in [1.54, 1.807) is 0 Å². The van der Waals surface area contributed by atoms with Crippen molar-refractivity contribution in [2.24, 2.45) is 0 Å². The van der Waals surface area contributed by atoms with Crippen molar-refractivity contribution in [3.05, 3.63) is 0 Å². The summed E-state index contributed by atoms with van der Waals surface area (Å²) in [5.74, 6) is 0.802. The second kappa shape index (κ2) is 6.67. The van der Waals surface area contributed by atoms with E-state index in [-0.39, 0.29) is 0 Å². The SMILES string of the molecule is C[C@@H]1CN(CCOCCS)C[C@H](C)O1.